The van der Waals surface area contributed by atoms with E-state index in [1.807, 2.05) is 23.1 Å². The second-order valence-corrected chi connectivity index (χ2v) is 9.65. The van der Waals surface area contributed by atoms with Crippen molar-refractivity contribution < 1.29 is 17.9 Å². The van der Waals surface area contributed by atoms with Crippen LogP contribution in [0.3, 0.4) is 0 Å². The molecule has 1 N–H and O–H groups in total. The molecule has 0 spiro atoms. The van der Waals surface area contributed by atoms with Crippen LogP contribution in [0.15, 0.2) is 24.3 Å². The Kier molecular flexibility index (Phi) is 6.95. The predicted molar refractivity (Wildman–Crippen MR) is 110 cm³/mol. The van der Waals surface area contributed by atoms with Crippen molar-refractivity contribution in [3.8, 4) is 0 Å². The second kappa shape index (κ2) is 9.24. The van der Waals surface area contributed by atoms with Gasteiger partial charge in [-0.3, -0.25) is 0 Å². The summed E-state index contributed by atoms with van der Waals surface area (Å²) in [6.45, 7) is 4.50. The number of sulfonamides is 1. The molecule has 2 fully saturated rings. The molecule has 8 heteroatoms. The van der Waals surface area contributed by atoms with Crippen molar-refractivity contribution in [2.75, 3.05) is 37.8 Å². The molecular weight excluding hydrogens is 378 g/mol. The van der Waals surface area contributed by atoms with Crippen LogP contribution >= 0.6 is 0 Å². The van der Waals surface area contributed by atoms with E-state index in [0.717, 1.165) is 37.8 Å². The molecule has 2 heterocycles. The van der Waals surface area contributed by atoms with E-state index in [-0.39, 0.29) is 18.2 Å². The third-order valence-electron chi connectivity index (χ3n) is 5.57. The van der Waals surface area contributed by atoms with Crippen molar-refractivity contribution >= 4 is 21.7 Å². The Morgan fingerprint density at radius 2 is 1.71 bits per heavy atom. The van der Waals surface area contributed by atoms with Crippen molar-refractivity contribution in [3.05, 3.63) is 29.8 Å². The highest BCUT2D eigenvalue weighted by Gasteiger charge is 2.29. The first kappa shape index (κ1) is 21.1. The summed E-state index contributed by atoms with van der Waals surface area (Å²) in [5.41, 5.74) is 2.03. The van der Waals surface area contributed by atoms with Gasteiger partial charge in [-0.15, -0.1) is 0 Å². The largest absolute Gasteiger partial charge is 0.375 e. The summed E-state index contributed by atoms with van der Waals surface area (Å²) in [6.07, 6.45) is 5.55. The molecule has 2 aliphatic heterocycles. The number of nitrogens with zero attached hydrogens (tertiary/aromatic N) is 2. The number of carbonyl (C=O) groups excluding carboxylic acids is 1. The highest BCUT2D eigenvalue weighted by atomic mass is 32.2. The maximum Gasteiger partial charge on any atom is 0.321 e. The Labute approximate surface area is 168 Å². The van der Waals surface area contributed by atoms with Gasteiger partial charge >= 0.3 is 6.03 Å². The minimum absolute atomic E-state index is 0.0619. The van der Waals surface area contributed by atoms with Gasteiger partial charge in [0.25, 0.3) is 0 Å². The van der Waals surface area contributed by atoms with Gasteiger partial charge in [0.2, 0.25) is 10.0 Å². The molecule has 7 nitrogen and oxygen atoms in total. The van der Waals surface area contributed by atoms with Crippen LogP contribution in [0.2, 0.25) is 0 Å². The van der Waals surface area contributed by atoms with Gasteiger partial charge in [-0.25, -0.2) is 17.5 Å². The number of benzene rings is 1. The second-order valence-electron chi connectivity index (χ2n) is 7.67. The average molecular weight is 410 g/mol. The number of ether oxygens (including phenoxy) is 1. The number of rotatable bonds is 5. The van der Waals surface area contributed by atoms with E-state index in [0.29, 0.717) is 26.2 Å². The fourth-order valence-electron chi connectivity index (χ4n) is 3.84. The molecule has 0 bridgehead atoms. The Morgan fingerprint density at radius 1 is 1.11 bits per heavy atom. The molecule has 0 aromatic heterocycles. The molecule has 2 aliphatic rings. The molecule has 156 valence electrons. The third-order valence-corrected chi connectivity index (χ3v) is 6.87. The quantitative estimate of drug-likeness (QED) is 0.811. The Bertz CT molecular complexity index is 767. The Balaban J connectivity index is 1.41. The van der Waals surface area contributed by atoms with Crippen molar-refractivity contribution in [3.63, 3.8) is 0 Å². The molecule has 0 aliphatic carbocycles. The highest BCUT2D eigenvalue weighted by molar-refractivity contribution is 7.88. The van der Waals surface area contributed by atoms with Crippen LogP contribution in [0.1, 0.15) is 38.2 Å². The first-order valence-corrected chi connectivity index (χ1v) is 12.0. The number of hydrogen-bond acceptors (Lipinski definition) is 4. The zero-order chi connectivity index (χ0) is 20.1. The fraction of sp³-hybridized carbons (Fsp3) is 0.650. The van der Waals surface area contributed by atoms with Gasteiger partial charge < -0.3 is 15.0 Å². The normalized spacial score (nSPS) is 20.3. The number of hydrogen-bond donors (Lipinski definition) is 1. The van der Waals surface area contributed by atoms with Gasteiger partial charge in [0.05, 0.1) is 18.5 Å². The number of nitrogens with one attached hydrogen (secondary N) is 1. The maximum absolute atomic E-state index is 12.5. The molecule has 2 saturated heterocycles. The van der Waals surface area contributed by atoms with Crippen LogP contribution in [0.25, 0.3) is 0 Å². The van der Waals surface area contributed by atoms with E-state index in [2.05, 4.69) is 18.3 Å². The third kappa shape index (κ3) is 5.68. The summed E-state index contributed by atoms with van der Waals surface area (Å²) < 4.78 is 30.9. The maximum atomic E-state index is 12.5. The first-order valence-electron chi connectivity index (χ1n) is 10.1. The molecule has 1 aromatic carbocycles. The van der Waals surface area contributed by atoms with Crippen LogP contribution in [-0.4, -0.2) is 68.3 Å². The van der Waals surface area contributed by atoms with Crippen LogP contribution in [0.5, 0.6) is 0 Å². The van der Waals surface area contributed by atoms with Crippen molar-refractivity contribution in [2.45, 2.75) is 51.2 Å². The molecule has 0 atom stereocenters. The average Bonchev–Trinajstić information content (AvgIpc) is 2.68. The molecule has 28 heavy (non-hydrogen) atoms. The van der Waals surface area contributed by atoms with E-state index in [4.69, 9.17) is 4.74 Å². The van der Waals surface area contributed by atoms with E-state index in [9.17, 15) is 13.2 Å². The van der Waals surface area contributed by atoms with Gasteiger partial charge in [0.15, 0.2) is 0 Å². The summed E-state index contributed by atoms with van der Waals surface area (Å²) >= 11 is 0. The lowest BCUT2D eigenvalue weighted by atomic mass is 10.1. The Hall–Kier alpha value is -1.64. The first-order chi connectivity index (χ1) is 13.3. The van der Waals surface area contributed by atoms with Crippen LogP contribution < -0.4 is 5.32 Å². The summed E-state index contributed by atoms with van der Waals surface area (Å²) in [6, 6.07) is 7.88. The van der Waals surface area contributed by atoms with Gasteiger partial charge in [0.1, 0.15) is 0 Å². The number of likely N-dealkylation sites (tertiary alicyclic amines) is 1. The van der Waals surface area contributed by atoms with E-state index < -0.39 is 10.0 Å². The summed E-state index contributed by atoms with van der Waals surface area (Å²) in [5.74, 6) is 0. The zero-order valence-electron chi connectivity index (χ0n) is 16.8. The topological polar surface area (TPSA) is 79.0 Å². The number of amides is 2. The minimum atomic E-state index is -3.10. The predicted octanol–water partition coefficient (Wildman–Crippen LogP) is 2.69. The fourth-order valence-corrected chi connectivity index (χ4v) is 4.71. The summed E-state index contributed by atoms with van der Waals surface area (Å²) in [7, 11) is -3.10. The molecule has 0 unspecified atom stereocenters. The summed E-state index contributed by atoms with van der Waals surface area (Å²) in [5, 5.41) is 2.99. The SMILES string of the molecule is CCc1cccc(NC(=O)N2CCC(OC3CCN(S(C)(=O)=O)CC3)CC2)c1. The van der Waals surface area contributed by atoms with E-state index >= 15 is 0 Å². The highest BCUT2D eigenvalue weighted by Crippen LogP contribution is 2.22. The van der Waals surface area contributed by atoms with Gasteiger partial charge in [0, 0.05) is 31.9 Å². The van der Waals surface area contributed by atoms with E-state index in [1.165, 1.54) is 16.1 Å². The van der Waals surface area contributed by atoms with E-state index in [1.54, 1.807) is 0 Å². The number of aryl methyl sites for hydroxylation is 1. The zero-order valence-corrected chi connectivity index (χ0v) is 17.6. The molecule has 0 saturated carbocycles. The standard InChI is InChI=1S/C20H31N3O4S/c1-3-16-5-4-6-17(15-16)21-20(24)22-11-7-18(8-12-22)27-19-9-13-23(14-10-19)28(2,25)26/h4-6,15,18-19H,3,7-14H2,1-2H3,(H,21,24). The minimum Gasteiger partial charge on any atom is -0.375 e. The van der Waals surface area contributed by atoms with Crippen molar-refractivity contribution in [2.24, 2.45) is 0 Å². The van der Waals surface area contributed by atoms with Gasteiger partial charge in [-0.05, 0) is 49.8 Å². The molecule has 1 aromatic rings. The number of urea groups is 1. The number of carbonyl (C=O) groups is 1. The lowest BCUT2D eigenvalue weighted by Gasteiger charge is -2.36. The summed E-state index contributed by atoms with van der Waals surface area (Å²) in [4.78, 5) is 14.3. The number of piperidine rings is 2. The van der Waals surface area contributed by atoms with Crippen LogP contribution in [-0.2, 0) is 21.2 Å². The van der Waals surface area contributed by atoms with Crippen molar-refractivity contribution in [1.82, 2.24) is 9.21 Å². The van der Waals surface area contributed by atoms with Gasteiger partial charge in [-0.1, -0.05) is 19.1 Å². The van der Waals surface area contributed by atoms with Gasteiger partial charge in [-0.2, -0.15) is 0 Å². The molecular formula is C20H31N3O4S. The Morgan fingerprint density at radius 3 is 2.29 bits per heavy atom. The van der Waals surface area contributed by atoms with Crippen LogP contribution in [0, 0.1) is 0 Å². The molecule has 2 amide bonds. The van der Waals surface area contributed by atoms with Crippen molar-refractivity contribution in [1.29, 1.82) is 0 Å². The smallest absolute Gasteiger partial charge is 0.321 e. The monoisotopic (exact) mass is 409 g/mol. The molecule has 3 rings (SSSR count). The molecule has 0 radical (unpaired) electrons. The van der Waals surface area contributed by atoms with Crippen LogP contribution in [0.4, 0.5) is 10.5 Å². The lowest BCUT2D eigenvalue weighted by Crippen LogP contribution is -2.45. The number of anilines is 1. The lowest BCUT2D eigenvalue weighted by molar-refractivity contribution is -0.0542.